The number of halogens is 1. The molecule has 37 heavy (non-hydrogen) atoms. The molecular weight excluding hydrogens is 508 g/mol. The lowest BCUT2D eigenvalue weighted by Crippen LogP contribution is -2.34. The Morgan fingerprint density at radius 3 is 2.92 bits per heavy atom. The van der Waals surface area contributed by atoms with Crippen molar-refractivity contribution in [2.45, 2.75) is 19.6 Å². The second-order valence-electron chi connectivity index (χ2n) is 8.96. The van der Waals surface area contributed by atoms with Crippen LogP contribution in [-0.4, -0.2) is 57.8 Å². The fourth-order valence-electron chi connectivity index (χ4n) is 4.15. The number of aromatic nitrogens is 3. The topological polar surface area (TPSA) is 83.5 Å². The molecule has 1 aliphatic heterocycles. The molecule has 5 rings (SSSR count). The van der Waals surface area contributed by atoms with Gasteiger partial charge in [-0.2, -0.15) is 0 Å². The van der Waals surface area contributed by atoms with E-state index in [1.54, 1.807) is 29.9 Å². The van der Waals surface area contributed by atoms with Crippen LogP contribution in [0.1, 0.15) is 16.1 Å². The van der Waals surface area contributed by atoms with Gasteiger partial charge >= 0.3 is 0 Å². The quantitative estimate of drug-likeness (QED) is 0.316. The summed E-state index contributed by atoms with van der Waals surface area (Å²) in [5.74, 6) is 1.35. The van der Waals surface area contributed by atoms with Gasteiger partial charge in [-0.3, -0.25) is 9.78 Å². The molecule has 0 spiro atoms. The Kier molecular flexibility index (Phi) is 7.64. The predicted octanol–water partition coefficient (Wildman–Crippen LogP) is 5.06. The van der Waals surface area contributed by atoms with Crippen molar-refractivity contribution in [1.82, 2.24) is 24.8 Å². The molecule has 3 aromatic heterocycles. The molecule has 4 heterocycles. The van der Waals surface area contributed by atoms with Crippen molar-refractivity contribution in [1.29, 1.82) is 0 Å². The Bertz CT molecular complexity index is 1440. The summed E-state index contributed by atoms with van der Waals surface area (Å²) in [5.41, 5.74) is 2.83. The minimum atomic E-state index is 0.0365. The van der Waals surface area contributed by atoms with E-state index < -0.39 is 0 Å². The highest BCUT2D eigenvalue weighted by Crippen LogP contribution is 2.38. The lowest BCUT2D eigenvalue weighted by molar-refractivity contribution is -0.126. The number of pyridine rings is 1. The number of benzene rings is 1. The predicted molar refractivity (Wildman–Crippen MR) is 148 cm³/mol. The molecule has 1 N–H and O–H groups in total. The minimum absolute atomic E-state index is 0.0365. The molecule has 190 valence electrons. The van der Waals surface area contributed by atoms with E-state index in [4.69, 9.17) is 16.3 Å². The number of carbonyl (C=O) groups excluding carboxylic acids is 1. The summed E-state index contributed by atoms with van der Waals surface area (Å²) in [6.45, 7) is 2.31. The number of amides is 1. The maximum absolute atomic E-state index is 12.7. The van der Waals surface area contributed by atoms with E-state index in [0.29, 0.717) is 30.5 Å². The number of nitrogens with one attached hydrogen (secondary N) is 1. The minimum Gasteiger partial charge on any atom is -0.486 e. The van der Waals surface area contributed by atoms with Gasteiger partial charge in [-0.25, -0.2) is 9.97 Å². The van der Waals surface area contributed by atoms with E-state index in [1.165, 1.54) is 5.56 Å². The van der Waals surface area contributed by atoms with Gasteiger partial charge in [-0.05, 0) is 56.4 Å². The van der Waals surface area contributed by atoms with E-state index in [2.05, 4.69) is 20.3 Å². The molecule has 0 radical (unpaired) electrons. The molecule has 0 saturated heterocycles. The van der Waals surface area contributed by atoms with Gasteiger partial charge in [-0.1, -0.05) is 23.7 Å². The van der Waals surface area contributed by atoms with Crippen molar-refractivity contribution in [3.05, 3.63) is 82.2 Å². The highest BCUT2D eigenvalue weighted by atomic mass is 35.5. The zero-order chi connectivity index (χ0) is 25.8. The number of hydrogen-bond acceptors (Lipinski definition) is 8. The molecule has 10 heteroatoms. The largest absolute Gasteiger partial charge is 0.486 e. The Morgan fingerprint density at radius 2 is 2.14 bits per heavy atom. The monoisotopic (exact) mass is 534 g/mol. The van der Waals surface area contributed by atoms with Crippen LogP contribution < -0.4 is 10.1 Å². The third-order valence-corrected chi connectivity index (χ3v) is 7.40. The Labute approximate surface area is 224 Å². The Balaban J connectivity index is 1.31. The van der Waals surface area contributed by atoms with Crippen LogP contribution in [0.25, 0.3) is 10.2 Å². The molecule has 0 bridgehead atoms. The molecule has 0 unspecified atom stereocenters. The van der Waals surface area contributed by atoms with Crippen molar-refractivity contribution in [2.24, 2.45) is 0 Å². The van der Waals surface area contributed by atoms with Gasteiger partial charge in [0.2, 0.25) is 5.91 Å². The summed E-state index contributed by atoms with van der Waals surface area (Å²) < 4.78 is 5.84. The molecular formula is C27H27ClN6O2S. The fraction of sp³-hybridized carbons (Fsp3) is 0.259. The first-order chi connectivity index (χ1) is 18.0. The van der Waals surface area contributed by atoms with E-state index in [9.17, 15) is 4.79 Å². The number of hydrogen-bond donors (Lipinski definition) is 1. The van der Waals surface area contributed by atoms with Crippen LogP contribution >= 0.6 is 22.9 Å². The molecule has 1 aromatic carbocycles. The molecule has 4 aromatic rings. The first-order valence-corrected chi connectivity index (χ1v) is 13.1. The molecule has 0 aliphatic carbocycles. The molecule has 0 atom stereocenters. The summed E-state index contributed by atoms with van der Waals surface area (Å²) >= 11 is 8.13. The van der Waals surface area contributed by atoms with Crippen LogP contribution in [-0.2, 0) is 24.4 Å². The van der Waals surface area contributed by atoms with Crippen molar-refractivity contribution >= 4 is 50.6 Å². The van der Waals surface area contributed by atoms with Gasteiger partial charge in [0.05, 0.1) is 22.6 Å². The number of fused-ring (bicyclic) bond motifs is 3. The second-order valence-corrected chi connectivity index (χ2v) is 10.5. The Hall–Kier alpha value is -3.53. The third-order valence-electron chi connectivity index (χ3n) is 5.98. The number of carbonyl (C=O) groups is 1. The van der Waals surface area contributed by atoms with Crippen molar-refractivity contribution in [3.63, 3.8) is 0 Å². The van der Waals surface area contributed by atoms with Crippen LogP contribution in [0.3, 0.4) is 0 Å². The van der Waals surface area contributed by atoms with E-state index in [1.807, 2.05) is 66.4 Å². The average Bonchev–Trinajstić information content (AvgIpc) is 3.27. The SMILES string of the molecule is CN(C)CC=CC(=O)N1CCc2c(sc3ncnc(Nc4ccc(OCc5ccccn5)c(Cl)c4)c23)C1. The van der Waals surface area contributed by atoms with Gasteiger partial charge in [0, 0.05) is 35.9 Å². The molecule has 0 fully saturated rings. The highest BCUT2D eigenvalue weighted by molar-refractivity contribution is 7.19. The number of ether oxygens (including phenoxy) is 1. The van der Waals surface area contributed by atoms with Crippen LogP contribution in [0.15, 0.2) is 61.1 Å². The van der Waals surface area contributed by atoms with Crippen LogP contribution in [0.5, 0.6) is 5.75 Å². The van der Waals surface area contributed by atoms with E-state index in [-0.39, 0.29) is 5.91 Å². The summed E-state index contributed by atoms with van der Waals surface area (Å²) in [6.07, 6.45) is 7.61. The first kappa shape index (κ1) is 25.1. The fourth-order valence-corrected chi connectivity index (χ4v) is 5.59. The van der Waals surface area contributed by atoms with E-state index >= 15 is 0 Å². The number of likely N-dealkylation sites (N-methyl/N-ethyl adjacent to an activating group) is 1. The average molecular weight is 535 g/mol. The van der Waals surface area contributed by atoms with Gasteiger partial charge in [0.1, 0.15) is 29.3 Å². The number of thiophene rings is 1. The summed E-state index contributed by atoms with van der Waals surface area (Å²) in [6, 6.07) is 11.3. The zero-order valence-electron chi connectivity index (χ0n) is 20.6. The van der Waals surface area contributed by atoms with Gasteiger partial charge in [-0.15, -0.1) is 11.3 Å². The lowest BCUT2D eigenvalue weighted by Gasteiger charge is -2.26. The summed E-state index contributed by atoms with van der Waals surface area (Å²) in [5, 5.41) is 4.90. The van der Waals surface area contributed by atoms with Crippen LogP contribution in [0.4, 0.5) is 11.5 Å². The lowest BCUT2D eigenvalue weighted by atomic mass is 10.0. The zero-order valence-corrected chi connectivity index (χ0v) is 22.2. The van der Waals surface area contributed by atoms with Gasteiger partial charge in [0.25, 0.3) is 0 Å². The van der Waals surface area contributed by atoms with Crippen molar-refractivity contribution in [3.8, 4) is 5.75 Å². The Morgan fingerprint density at radius 1 is 1.24 bits per heavy atom. The standard InChI is InChI=1S/C27H27ClN6O2S/c1-33(2)12-5-7-24(35)34-13-10-20-23(15-34)37-27-25(20)26(30-17-31-27)32-18-8-9-22(21(28)14-18)36-16-19-6-3-4-11-29-19/h3-9,11,14,17H,10,12-13,15-16H2,1-2H3,(H,30,31,32). The highest BCUT2D eigenvalue weighted by Gasteiger charge is 2.25. The molecule has 1 amide bonds. The maximum atomic E-state index is 12.7. The molecule has 1 aliphatic rings. The molecule has 8 nitrogen and oxygen atoms in total. The number of nitrogens with zero attached hydrogens (tertiary/aromatic N) is 5. The maximum Gasteiger partial charge on any atom is 0.246 e. The van der Waals surface area contributed by atoms with Crippen LogP contribution in [0, 0.1) is 0 Å². The first-order valence-electron chi connectivity index (χ1n) is 11.9. The van der Waals surface area contributed by atoms with Crippen LogP contribution in [0.2, 0.25) is 5.02 Å². The van der Waals surface area contributed by atoms with Gasteiger partial charge < -0.3 is 19.9 Å². The summed E-state index contributed by atoms with van der Waals surface area (Å²) in [4.78, 5) is 31.9. The normalized spacial score (nSPS) is 13.4. The van der Waals surface area contributed by atoms with E-state index in [0.717, 1.165) is 45.3 Å². The second kappa shape index (κ2) is 11.2. The van der Waals surface area contributed by atoms with Gasteiger partial charge in [0.15, 0.2) is 0 Å². The van der Waals surface area contributed by atoms with Crippen molar-refractivity contribution < 1.29 is 9.53 Å². The summed E-state index contributed by atoms with van der Waals surface area (Å²) in [7, 11) is 3.96. The third kappa shape index (κ3) is 5.90. The van der Waals surface area contributed by atoms with Crippen molar-refractivity contribution in [2.75, 3.05) is 32.5 Å². The smallest absolute Gasteiger partial charge is 0.246 e. The molecule has 0 saturated carbocycles. The number of anilines is 2. The number of rotatable bonds is 8.